The molecule has 15 nitrogen and oxygen atoms in total. The fraction of sp³-hybridized carbons (Fsp3) is 0.529. The zero-order valence-electron chi connectivity index (χ0n) is 29.8. The van der Waals surface area contributed by atoms with Gasteiger partial charge in [0.2, 0.25) is 5.89 Å². The van der Waals surface area contributed by atoms with Gasteiger partial charge in [-0.1, -0.05) is 12.1 Å². The number of hydrogen-bond acceptors (Lipinski definition) is 13. The normalized spacial score (nSPS) is 16.0. The summed E-state index contributed by atoms with van der Waals surface area (Å²) in [5.74, 6) is -1.42. The maximum atomic E-state index is 13.5. The highest BCUT2D eigenvalue weighted by Crippen LogP contribution is 2.48. The van der Waals surface area contributed by atoms with Crippen molar-refractivity contribution in [3.63, 3.8) is 0 Å². The highest BCUT2D eigenvalue weighted by atomic mass is 16.6. The van der Waals surface area contributed by atoms with Crippen LogP contribution < -0.4 is 4.90 Å². The lowest BCUT2D eigenvalue weighted by Gasteiger charge is -2.28. The molecule has 1 aromatic carbocycles. The van der Waals surface area contributed by atoms with Gasteiger partial charge in [-0.15, -0.1) is 10.2 Å². The molecule has 0 saturated heterocycles. The van der Waals surface area contributed by atoms with Gasteiger partial charge in [0.1, 0.15) is 16.8 Å². The molecule has 1 aliphatic rings. The van der Waals surface area contributed by atoms with E-state index in [-0.39, 0.29) is 35.2 Å². The van der Waals surface area contributed by atoms with Crippen molar-refractivity contribution in [2.24, 2.45) is 5.92 Å². The molecule has 3 aromatic rings. The van der Waals surface area contributed by atoms with Gasteiger partial charge < -0.3 is 28.3 Å². The van der Waals surface area contributed by atoms with Gasteiger partial charge in [-0.3, -0.25) is 4.79 Å². The van der Waals surface area contributed by atoms with Crippen molar-refractivity contribution in [2.45, 2.75) is 98.0 Å². The minimum absolute atomic E-state index is 0.0981. The SMILES string of the molecule is COC(=O)C1CC1c1cnc(N(C(=O)OC(C)(C)C)C(=O)OC(C)(C)C)c(-c2nnc(-c3ccc(CN(C)C(=O)OC(C)(C)C)cc3)o2)n1. The van der Waals surface area contributed by atoms with E-state index in [1.165, 1.54) is 18.2 Å². The van der Waals surface area contributed by atoms with Crippen LogP contribution in [0.1, 0.15) is 85.9 Å². The molecule has 2 heterocycles. The fourth-order valence-corrected chi connectivity index (χ4v) is 4.55. The molecule has 2 aromatic heterocycles. The maximum absolute atomic E-state index is 13.5. The summed E-state index contributed by atoms with van der Waals surface area (Å²) >= 11 is 0. The number of methoxy groups -OCH3 is 1. The van der Waals surface area contributed by atoms with Gasteiger partial charge >= 0.3 is 24.2 Å². The first-order chi connectivity index (χ1) is 22.7. The van der Waals surface area contributed by atoms with Crippen LogP contribution in [-0.2, 0) is 30.3 Å². The van der Waals surface area contributed by atoms with Gasteiger partial charge in [0.05, 0.1) is 24.9 Å². The third-order valence-corrected chi connectivity index (χ3v) is 6.76. The van der Waals surface area contributed by atoms with E-state index in [2.05, 4.69) is 20.2 Å². The van der Waals surface area contributed by atoms with Crippen molar-refractivity contribution in [3.8, 4) is 23.0 Å². The first-order valence-electron chi connectivity index (χ1n) is 15.7. The first-order valence-corrected chi connectivity index (χ1v) is 15.7. The van der Waals surface area contributed by atoms with Crippen molar-refractivity contribution < 1.29 is 42.5 Å². The highest BCUT2D eigenvalue weighted by Gasteiger charge is 2.47. The van der Waals surface area contributed by atoms with Crippen LogP contribution in [0, 0.1) is 5.92 Å². The third-order valence-electron chi connectivity index (χ3n) is 6.76. The molecule has 1 fully saturated rings. The Morgan fingerprint density at radius 2 is 1.35 bits per heavy atom. The third kappa shape index (κ3) is 9.74. The Kier molecular flexibility index (Phi) is 10.4. The van der Waals surface area contributed by atoms with E-state index in [0.717, 1.165) is 5.56 Å². The molecule has 264 valence electrons. The molecule has 15 heteroatoms. The molecule has 2 unspecified atom stereocenters. The summed E-state index contributed by atoms with van der Waals surface area (Å²) in [6.45, 7) is 15.6. The largest absolute Gasteiger partial charge is 0.469 e. The summed E-state index contributed by atoms with van der Waals surface area (Å²) in [4.78, 5) is 62.8. The lowest BCUT2D eigenvalue weighted by molar-refractivity contribution is -0.142. The van der Waals surface area contributed by atoms with Gasteiger partial charge in [0.15, 0.2) is 11.5 Å². The fourth-order valence-electron chi connectivity index (χ4n) is 4.55. The van der Waals surface area contributed by atoms with Crippen LogP contribution in [0.25, 0.3) is 23.0 Å². The quantitative estimate of drug-likeness (QED) is 0.195. The number of benzene rings is 1. The molecule has 2 atom stereocenters. The van der Waals surface area contributed by atoms with Gasteiger partial charge in [-0.2, -0.15) is 4.90 Å². The zero-order valence-corrected chi connectivity index (χ0v) is 29.8. The standard InChI is InChI=1S/C34H44N6O9/c1-32(2,3)47-29(42)39(10)18-19-12-14-20(15-13-19)26-37-38-27(46-26)24-25(35-17-23(36-24)21-16-22(21)28(41)45-11)40(30(43)48-33(4,5)6)31(44)49-34(7,8)9/h12-15,17,21-22H,16,18H2,1-11H3. The number of amides is 3. The molecule has 0 bridgehead atoms. The molecule has 1 saturated carbocycles. The molecular formula is C34H44N6O9. The summed E-state index contributed by atoms with van der Waals surface area (Å²) in [5, 5.41) is 8.37. The molecular weight excluding hydrogens is 636 g/mol. The highest BCUT2D eigenvalue weighted by molar-refractivity contribution is 6.10. The summed E-state index contributed by atoms with van der Waals surface area (Å²) in [6, 6.07) is 7.10. The Morgan fingerprint density at radius 3 is 1.88 bits per heavy atom. The second-order valence-corrected chi connectivity index (χ2v) is 14.7. The molecule has 4 rings (SSSR count). The number of esters is 1. The van der Waals surface area contributed by atoms with Crippen LogP contribution >= 0.6 is 0 Å². The van der Waals surface area contributed by atoms with Crippen LogP contribution in [0.2, 0.25) is 0 Å². The summed E-state index contributed by atoms with van der Waals surface area (Å²) in [6.07, 6.45) is -0.718. The lowest BCUT2D eigenvalue weighted by atomic mass is 10.1. The summed E-state index contributed by atoms with van der Waals surface area (Å²) in [7, 11) is 2.95. The number of carbonyl (C=O) groups excluding carboxylic acids is 4. The number of anilines is 1. The van der Waals surface area contributed by atoms with Gasteiger partial charge in [0, 0.05) is 25.1 Å². The average molecular weight is 681 g/mol. The van der Waals surface area contributed by atoms with Crippen LogP contribution in [-0.4, -0.2) is 80.3 Å². The average Bonchev–Trinajstić information content (AvgIpc) is 3.62. The minimum Gasteiger partial charge on any atom is -0.469 e. The van der Waals surface area contributed by atoms with Crippen molar-refractivity contribution in [2.75, 3.05) is 19.1 Å². The molecule has 3 amide bonds. The zero-order chi connectivity index (χ0) is 36.5. The number of carbonyl (C=O) groups is 4. The topological polar surface area (TPSA) is 176 Å². The Hall–Kier alpha value is -5.08. The molecule has 0 radical (unpaired) electrons. The lowest BCUT2D eigenvalue weighted by Crippen LogP contribution is -2.44. The van der Waals surface area contributed by atoms with Gasteiger partial charge in [-0.25, -0.2) is 24.4 Å². The number of nitrogens with zero attached hydrogens (tertiary/aromatic N) is 6. The van der Waals surface area contributed by atoms with E-state index in [1.54, 1.807) is 93.6 Å². The Labute approximate surface area is 285 Å². The van der Waals surface area contributed by atoms with E-state index in [0.29, 0.717) is 29.1 Å². The van der Waals surface area contributed by atoms with Crippen molar-refractivity contribution in [1.82, 2.24) is 25.1 Å². The smallest absolute Gasteiger partial charge is 0.425 e. The molecule has 0 spiro atoms. The number of ether oxygens (including phenoxy) is 4. The van der Waals surface area contributed by atoms with Gasteiger partial charge in [-0.05, 0) is 86.4 Å². The van der Waals surface area contributed by atoms with Crippen LogP contribution in [0.4, 0.5) is 20.2 Å². The van der Waals surface area contributed by atoms with E-state index in [1.807, 2.05) is 0 Å². The monoisotopic (exact) mass is 680 g/mol. The van der Waals surface area contributed by atoms with E-state index >= 15 is 0 Å². The molecule has 49 heavy (non-hydrogen) atoms. The van der Waals surface area contributed by atoms with E-state index < -0.39 is 41.0 Å². The Morgan fingerprint density at radius 1 is 0.816 bits per heavy atom. The Bertz CT molecular complexity index is 1670. The van der Waals surface area contributed by atoms with E-state index in [4.69, 9.17) is 23.4 Å². The number of rotatable bonds is 7. The number of aromatic nitrogens is 4. The number of imide groups is 1. The second-order valence-electron chi connectivity index (χ2n) is 14.7. The van der Waals surface area contributed by atoms with E-state index in [9.17, 15) is 19.2 Å². The van der Waals surface area contributed by atoms with Crippen molar-refractivity contribution >= 4 is 30.1 Å². The summed E-state index contributed by atoms with van der Waals surface area (Å²) < 4.78 is 27.4. The maximum Gasteiger partial charge on any atom is 0.425 e. The summed E-state index contributed by atoms with van der Waals surface area (Å²) in [5.41, 5.74) is -0.881. The molecule has 0 N–H and O–H groups in total. The second kappa shape index (κ2) is 13.8. The Balaban J connectivity index is 1.71. The van der Waals surface area contributed by atoms with Gasteiger partial charge in [0.25, 0.3) is 5.89 Å². The minimum atomic E-state index is -1.06. The number of hydrogen-bond donors (Lipinski definition) is 0. The predicted octanol–water partition coefficient (Wildman–Crippen LogP) is 6.51. The van der Waals surface area contributed by atoms with Crippen molar-refractivity contribution in [3.05, 3.63) is 41.7 Å². The predicted molar refractivity (Wildman–Crippen MR) is 176 cm³/mol. The van der Waals surface area contributed by atoms with Crippen LogP contribution in [0.15, 0.2) is 34.9 Å². The molecule has 1 aliphatic carbocycles. The first kappa shape index (κ1) is 36.8. The molecule has 0 aliphatic heterocycles. The van der Waals surface area contributed by atoms with Crippen molar-refractivity contribution in [1.29, 1.82) is 0 Å². The van der Waals surface area contributed by atoms with Crippen LogP contribution in [0.3, 0.4) is 0 Å². The van der Waals surface area contributed by atoms with Crippen LogP contribution in [0.5, 0.6) is 0 Å².